The third-order valence-corrected chi connectivity index (χ3v) is 5.80. The molecule has 1 aliphatic heterocycles. The zero-order chi connectivity index (χ0) is 15.5. The molecule has 0 spiro atoms. The number of aliphatic hydroxyl groups is 1. The standard InChI is InChI=1S/C15H24N2O3S/c1-16(2)21(19,20)15-7-5-13(6-8-15)10-17-9-3-4-14(11-17)12-18/h5-8,14,18H,3-4,9-12H2,1-2H3/t14-/m1/s1. The molecule has 0 saturated carbocycles. The smallest absolute Gasteiger partial charge is 0.242 e. The lowest BCUT2D eigenvalue weighted by Crippen LogP contribution is -2.36. The van der Waals surface area contributed by atoms with Crippen molar-refractivity contribution >= 4 is 10.0 Å². The molecule has 0 radical (unpaired) electrons. The van der Waals surface area contributed by atoms with E-state index >= 15 is 0 Å². The second-order valence-electron chi connectivity index (χ2n) is 5.86. The van der Waals surface area contributed by atoms with E-state index in [1.54, 1.807) is 12.1 Å². The molecule has 5 nitrogen and oxygen atoms in total. The van der Waals surface area contributed by atoms with E-state index in [9.17, 15) is 13.5 Å². The highest BCUT2D eigenvalue weighted by Gasteiger charge is 2.20. The van der Waals surface area contributed by atoms with Gasteiger partial charge in [0.05, 0.1) is 4.90 Å². The number of hydrogen-bond acceptors (Lipinski definition) is 4. The molecule has 0 aromatic heterocycles. The van der Waals surface area contributed by atoms with Crippen molar-refractivity contribution in [3.05, 3.63) is 29.8 Å². The quantitative estimate of drug-likeness (QED) is 0.886. The lowest BCUT2D eigenvalue weighted by molar-refractivity contribution is 0.116. The van der Waals surface area contributed by atoms with Crippen LogP contribution in [0.5, 0.6) is 0 Å². The first-order valence-corrected chi connectivity index (χ1v) is 8.72. The van der Waals surface area contributed by atoms with Gasteiger partial charge in [0.1, 0.15) is 0 Å². The number of likely N-dealkylation sites (tertiary alicyclic amines) is 1. The zero-order valence-corrected chi connectivity index (χ0v) is 13.5. The van der Waals surface area contributed by atoms with Crippen molar-refractivity contribution < 1.29 is 13.5 Å². The molecular formula is C15H24N2O3S. The van der Waals surface area contributed by atoms with Gasteiger partial charge in [-0.25, -0.2) is 12.7 Å². The van der Waals surface area contributed by atoms with Gasteiger partial charge in [0.15, 0.2) is 0 Å². The van der Waals surface area contributed by atoms with Crippen molar-refractivity contribution in [1.82, 2.24) is 9.21 Å². The average Bonchev–Trinajstić information content (AvgIpc) is 2.48. The van der Waals surface area contributed by atoms with Crippen molar-refractivity contribution in [3.8, 4) is 0 Å². The van der Waals surface area contributed by atoms with Crippen LogP contribution in [-0.4, -0.2) is 56.5 Å². The van der Waals surface area contributed by atoms with E-state index in [0.717, 1.165) is 38.0 Å². The number of aliphatic hydroxyl groups excluding tert-OH is 1. The van der Waals surface area contributed by atoms with Crippen LogP contribution in [0, 0.1) is 5.92 Å². The minimum absolute atomic E-state index is 0.247. The molecule has 0 bridgehead atoms. The molecule has 0 amide bonds. The number of hydrogen-bond donors (Lipinski definition) is 1. The lowest BCUT2D eigenvalue weighted by atomic mass is 9.98. The Morgan fingerprint density at radius 1 is 1.29 bits per heavy atom. The van der Waals surface area contributed by atoms with Gasteiger partial charge >= 0.3 is 0 Å². The molecule has 1 N–H and O–H groups in total. The number of nitrogens with zero attached hydrogens (tertiary/aromatic N) is 2. The SMILES string of the molecule is CN(C)S(=O)(=O)c1ccc(CN2CCC[C@@H](CO)C2)cc1. The predicted molar refractivity (Wildman–Crippen MR) is 82.4 cm³/mol. The Kier molecular flexibility index (Phi) is 5.37. The topological polar surface area (TPSA) is 60.9 Å². The van der Waals surface area contributed by atoms with E-state index in [1.165, 1.54) is 18.4 Å². The van der Waals surface area contributed by atoms with Gasteiger partial charge in [-0.1, -0.05) is 12.1 Å². The van der Waals surface area contributed by atoms with Gasteiger partial charge < -0.3 is 5.11 Å². The minimum atomic E-state index is -3.35. The molecule has 0 unspecified atom stereocenters. The Bertz CT molecular complexity index is 555. The van der Waals surface area contributed by atoms with E-state index in [1.807, 2.05) is 12.1 Å². The van der Waals surface area contributed by atoms with Gasteiger partial charge in [-0.2, -0.15) is 0 Å². The molecule has 1 aliphatic rings. The first-order valence-electron chi connectivity index (χ1n) is 7.28. The number of piperidine rings is 1. The second-order valence-corrected chi connectivity index (χ2v) is 8.01. The van der Waals surface area contributed by atoms with E-state index in [0.29, 0.717) is 10.8 Å². The lowest BCUT2D eigenvalue weighted by Gasteiger charge is -2.31. The van der Waals surface area contributed by atoms with Crippen LogP contribution in [0.2, 0.25) is 0 Å². The first-order chi connectivity index (χ1) is 9.93. The Morgan fingerprint density at radius 3 is 2.52 bits per heavy atom. The maximum Gasteiger partial charge on any atom is 0.242 e. The Hall–Kier alpha value is -0.950. The molecule has 1 saturated heterocycles. The summed E-state index contributed by atoms with van der Waals surface area (Å²) >= 11 is 0. The maximum absolute atomic E-state index is 12.0. The van der Waals surface area contributed by atoms with Crippen LogP contribution in [0.4, 0.5) is 0 Å². The van der Waals surface area contributed by atoms with Crippen molar-refractivity contribution in [2.45, 2.75) is 24.3 Å². The molecule has 1 atom stereocenters. The van der Waals surface area contributed by atoms with Gasteiger partial charge in [0.25, 0.3) is 0 Å². The molecule has 0 aliphatic carbocycles. The predicted octanol–water partition coefficient (Wildman–Crippen LogP) is 1.14. The fourth-order valence-electron chi connectivity index (χ4n) is 2.68. The van der Waals surface area contributed by atoms with Crippen molar-refractivity contribution in [2.75, 3.05) is 33.8 Å². The van der Waals surface area contributed by atoms with Crippen LogP contribution in [0.15, 0.2) is 29.2 Å². The van der Waals surface area contributed by atoms with E-state index < -0.39 is 10.0 Å². The summed E-state index contributed by atoms with van der Waals surface area (Å²) in [5, 5.41) is 9.25. The summed E-state index contributed by atoms with van der Waals surface area (Å²) in [5.41, 5.74) is 1.10. The van der Waals surface area contributed by atoms with Crippen molar-refractivity contribution in [2.24, 2.45) is 5.92 Å². The fraction of sp³-hybridized carbons (Fsp3) is 0.600. The summed E-state index contributed by atoms with van der Waals surface area (Å²) in [4.78, 5) is 2.64. The third kappa shape index (κ3) is 4.03. The van der Waals surface area contributed by atoms with Gasteiger partial charge in [-0.05, 0) is 43.0 Å². The van der Waals surface area contributed by atoms with E-state index in [2.05, 4.69) is 4.90 Å². The summed E-state index contributed by atoms with van der Waals surface area (Å²) in [6, 6.07) is 7.08. The molecule has 1 aromatic carbocycles. The largest absolute Gasteiger partial charge is 0.396 e. The summed E-state index contributed by atoms with van der Waals surface area (Å²) < 4.78 is 25.2. The van der Waals surface area contributed by atoms with Crippen LogP contribution in [0.25, 0.3) is 0 Å². The van der Waals surface area contributed by atoms with E-state index in [4.69, 9.17) is 0 Å². The highest BCUT2D eigenvalue weighted by molar-refractivity contribution is 7.89. The maximum atomic E-state index is 12.0. The number of sulfonamides is 1. The molecule has 2 rings (SSSR count). The van der Waals surface area contributed by atoms with E-state index in [-0.39, 0.29) is 6.61 Å². The summed E-state index contributed by atoms with van der Waals surface area (Å²) in [6.45, 7) is 3.00. The Morgan fingerprint density at radius 2 is 1.95 bits per heavy atom. The van der Waals surface area contributed by atoms with Gasteiger partial charge in [-0.3, -0.25) is 4.90 Å². The van der Waals surface area contributed by atoms with Gasteiger partial charge in [0.2, 0.25) is 10.0 Å². The number of benzene rings is 1. The van der Waals surface area contributed by atoms with Crippen LogP contribution in [-0.2, 0) is 16.6 Å². The van der Waals surface area contributed by atoms with Crippen LogP contribution >= 0.6 is 0 Å². The monoisotopic (exact) mass is 312 g/mol. The molecule has 1 aromatic rings. The molecule has 1 fully saturated rings. The Balaban J connectivity index is 2.03. The van der Waals surface area contributed by atoms with Crippen LogP contribution < -0.4 is 0 Å². The average molecular weight is 312 g/mol. The molecule has 118 valence electrons. The van der Waals surface area contributed by atoms with Crippen LogP contribution in [0.3, 0.4) is 0 Å². The van der Waals surface area contributed by atoms with Gasteiger partial charge in [-0.15, -0.1) is 0 Å². The van der Waals surface area contributed by atoms with Crippen molar-refractivity contribution in [1.29, 1.82) is 0 Å². The number of rotatable bonds is 5. The molecule has 1 heterocycles. The summed E-state index contributed by atoms with van der Waals surface area (Å²) in [6.07, 6.45) is 2.20. The summed E-state index contributed by atoms with van der Waals surface area (Å²) in [5.74, 6) is 0.368. The summed E-state index contributed by atoms with van der Waals surface area (Å²) in [7, 11) is -0.285. The Labute approximate surface area is 127 Å². The second kappa shape index (κ2) is 6.87. The third-order valence-electron chi connectivity index (χ3n) is 3.97. The molecular weight excluding hydrogens is 288 g/mol. The first kappa shape index (κ1) is 16.4. The molecule has 6 heteroatoms. The van der Waals surface area contributed by atoms with Crippen LogP contribution in [0.1, 0.15) is 18.4 Å². The zero-order valence-electron chi connectivity index (χ0n) is 12.7. The normalized spacial score (nSPS) is 20.9. The van der Waals surface area contributed by atoms with Crippen molar-refractivity contribution in [3.63, 3.8) is 0 Å². The highest BCUT2D eigenvalue weighted by atomic mass is 32.2. The highest BCUT2D eigenvalue weighted by Crippen LogP contribution is 2.19. The van der Waals surface area contributed by atoms with Gasteiger partial charge in [0, 0.05) is 33.8 Å². The molecule has 21 heavy (non-hydrogen) atoms. The fourth-order valence-corrected chi connectivity index (χ4v) is 3.58. The minimum Gasteiger partial charge on any atom is -0.396 e.